The number of rotatable bonds is 6. The van der Waals surface area contributed by atoms with Gasteiger partial charge < -0.3 is 25.8 Å². The first kappa shape index (κ1) is 23.5. The van der Waals surface area contributed by atoms with Crippen molar-refractivity contribution in [1.82, 2.24) is 15.3 Å². The van der Waals surface area contributed by atoms with Gasteiger partial charge in [-0.2, -0.15) is 0 Å². The maximum atomic E-state index is 13.0. The van der Waals surface area contributed by atoms with Crippen molar-refractivity contribution in [2.75, 3.05) is 23.5 Å². The van der Waals surface area contributed by atoms with E-state index < -0.39 is 11.5 Å². The molecule has 3 aromatic rings. The van der Waals surface area contributed by atoms with Crippen molar-refractivity contribution < 1.29 is 19.4 Å². The van der Waals surface area contributed by atoms with Crippen LogP contribution in [0.25, 0.3) is 11.0 Å². The molecule has 3 heterocycles. The van der Waals surface area contributed by atoms with E-state index in [0.29, 0.717) is 60.6 Å². The van der Waals surface area contributed by atoms with Gasteiger partial charge in [0, 0.05) is 29.7 Å². The minimum absolute atomic E-state index is 0.0205. The number of thioether (sulfide) groups is 1. The Labute approximate surface area is 207 Å². The molecule has 10 heteroatoms. The maximum absolute atomic E-state index is 13.0. The van der Waals surface area contributed by atoms with Crippen molar-refractivity contribution in [3.63, 3.8) is 0 Å². The van der Waals surface area contributed by atoms with E-state index >= 15 is 0 Å². The van der Waals surface area contributed by atoms with Gasteiger partial charge in [0.15, 0.2) is 0 Å². The summed E-state index contributed by atoms with van der Waals surface area (Å²) < 4.78 is 5.19. The van der Waals surface area contributed by atoms with Gasteiger partial charge in [-0.15, -0.1) is 11.8 Å². The van der Waals surface area contributed by atoms with Crippen LogP contribution in [0.2, 0.25) is 0 Å². The summed E-state index contributed by atoms with van der Waals surface area (Å²) in [6.45, 7) is 0.652. The fourth-order valence-corrected chi connectivity index (χ4v) is 5.28. The molecule has 1 aliphatic carbocycles. The Bertz CT molecular complexity index is 1280. The fourth-order valence-electron chi connectivity index (χ4n) is 4.49. The number of fused-ring (bicyclic) bond motifs is 2. The Kier molecular flexibility index (Phi) is 6.59. The summed E-state index contributed by atoms with van der Waals surface area (Å²) >= 11 is 1.55. The van der Waals surface area contributed by atoms with Crippen LogP contribution in [0, 0.1) is 0 Å². The lowest BCUT2D eigenvalue weighted by molar-refractivity contribution is -0.137. The molecular formula is C25H27N5O4S. The van der Waals surface area contributed by atoms with Crippen LogP contribution in [0.15, 0.2) is 47.5 Å². The van der Waals surface area contributed by atoms with Crippen molar-refractivity contribution in [3.8, 4) is 5.88 Å². The topological polar surface area (TPSA) is 125 Å². The second-order valence-electron chi connectivity index (χ2n) is 8.89. The Morgan fingerprint density at radius 3 is 2.89 bits per heavy atom. The number of pyridine rings is 2. The van der Waals surface area contributed by atoms with Gasteiger partial charge in [-0.1, -0.05) is 6.07 Å². The van der Waals surface area contributed by atoms with E-state index in [0.717, 1.165) is 16.1 Å². The van der Waals surface area contributed by atoms with Gasteiger partial charge in [0.1, 0.15) is 11.1 Å². The lowest BCUT2D eigenvalue weighted by Gasteiger charge is -2.35. The Balaban J connectivity index is 1.18. The number of nitrogens with one attached hydrogen (secondary N) is 3. The number of benzene rings is 1. The van der Waals surface area contributed by atoms with E-state index in [2.05, 4.69) is 32.0 Å². The molecule has 5 rings (SSSR count). The molecule has 0 radical (unpaired) electrons. The van der Waals surface area contributed by atoms with Crippen molar-refractivity contribution >= 4 is 46.0 Å². The maximum Gasteiger partial charge on any atom is 0.256 e. The minimum Gasteiger partial charge on any atom is -0.481 e. The quantitative estimate of drug-likeness (QED) is 0.413. The number of carbonyl (C=O) groups is 2. The van der Waals surface area contributed by atoms with Crippen molar-refractivity contribution in [2.24, 2.45) is 0 Å². The van der Waals surface area contributed by atoms with E-state index in [4.69, 9.17) is 4.74 Å². The zero-order valence-corrected chi connectivity index (χ0v) is 20.2. The van der Waals surface area contributed by atoms with Crippen molar-refractivity contribution in [2.45, 2.75) is 48.8 Å². The molecule has 2 amide bonds. The molecule has 182 valence electrons. The van der Waals surface area contributed by atoms with Gasteiger partial charge in [0.05, 0.1) is 29.8 Å². The molecular weight excluding hydrogens is 466 g/mol. The summed E-state index contributed by atoms with van der Waals surface area (Å²) in [7, 11) is 1.53. The molecule has 1 aliphatic heterocycles. The summed E-state index contributed by atoms with van der Waals surface area (Å²) in [4.78, 5) is 34.4. The predicted octanol–water partition coefficient (Wildman–Crippen LogP) is 3.08. The number of hydrogen-bond donors (Lipinski definition) is 4. The molecule has 0 spiro atoms. The lowest BCUT2D eigenvalue weighted by Crippen LogP contribution is -2.48. The van der Waals surface area contributed by atoms with Gasteiger partial charge >= 0.3 is 0 Å². The van der Waals surface area contributed by atoms with Crippen LogP contribution in [-0.2, 0) is 16.1 Å². The van der Waals surface area contributed by atoms with Crippen molar-refractivity contribution in [3.05, 3.63) is 48.2 Å². The molecule has 1 fully saturated rings. The Morgan fingerprint density at radius 2 is 2.09 bits per heavy atom. The molecule has 1 saturated carbocycles. The number of methoxy groups -OCH3 is 1. The highest BCUT2D eigenvalue weighted by Crippen LogP contribution is 2.33. The third-order valence-electron chi connectivity index (χ3n) is 6.52. The first-order chi connectivity index (χ1) is 16.9. The Hall–Kier alpha value is -3.21. The van der Waals surface area contributed by atoms with Gasteiger partial charge in [0.25, 0.3) is 5.91 Å². The van der Waals surface area contributed by atoms with Crippen LogP contribution < -0.4 is 20.7 Å². The van der Waals surface area contributed by atoms with E-state index in [1.165, 1.54) is 7.11 Å². The zero-order chi connectivity index (χ0) is 24.4. The van der Waals surface area contributed by atoms with Crippen LogP contribution in [0.1, 0.15) is 31.2 Å². The van der Waals surface area contributed by atoms with Crippen LogP contribution in [0.3, 0.4) is 0 Å². The van der Waals surface area contributed by atoms with Gasteiger partial charge in [-0.3, -0.25) is 14.6 Å². The average Bonchev–Trinajstić information content (AvgIpc) is 2.88. The third-order valence-corrected chi connectivity index (χ3v) is 7.60. The summed E-state index contributed by atoms with van der Waals surface area (Å²) in [6.07, 6.45) is 3.65. The summed E-state index contributed by atoms with van der Waals surface area (Å²) in [5.74, 6) is 0.458. The number of aliphatic hydroxyl groups is 1. The highest BCUT2D eigenvalue weighted by molar-refractivity contribution is 8.00. The standard InChI is InChI=1S/C25H27N5O4S/c1-34-22-5-3-17-23(30-22)18(8-11-26-17)29-24(32)25(33)9-6-16(7-10-25)27-13-15-2-4-20-19(12-15)28-21(31)14-35-20/h2-5,8,11-12,16,27,33H,6-7,9-10,13-14H2,1H3,(H,28,31)(H,26,29,32)/t16-,25+. The first-order valence-corrected chi connectivity index (χ1v) is 12.5. The fraction of sp³-hybridized carbons (Fsp3) is 0.360. The summed E-state index contributed by atoms with van der Waals surface area (Å²) in [6, 6.07) is 11.4. The average molecular weight is 494 g/mol. The predicted molar refractivity (Wildman–Crippen MR) is 135 cm³/mol. The van der Waals surface area contributed by atoms with Gasteiger partial charge in [0.2, 0.25) is 11.8 Å². The number of anilines is 2. The smallest absolute Gasteiger partial charge is 0.256 e. The van der Waals surface area contributed by atoms with Crippen LogP contribution in [0.4, 0.5) is 11.4 Å². The monoisotopic (exact) mass is 493 g/mol. The highest BCUT2D eigenvalue weighted by atomic mass is 32.2. The van der Waals surface area contributed by atoms with Crippen LogP contribution >= 0.6 is 11.8 Å². The molecule has 35 heavy (non-hydrogen) atoms. The summed E-state index contributed by atoms with van der Waals surface area (Å²) in [5.41, 5.74) is 2.13. The highest BCUT2D eigenvalue weighted by Gasteiger charge is 2.40. The number of hydrogen-bond acceptors (Lipinski definition) is 8. The van der Waals surface area contributed by atoms with Gasteiger partial charge in [-0.05, 0) is 55.5 Å². The third kappa shape index (κ3) is 5.09. The van der Waals surface area contributed by atoms with E-state index in [1.54, 1.807) is 36.2 Å². The minimum atomic E-state index is -1.44. The molecule has 9 nitrogen and oxygen atoms in total. The number of ether oxygens (including phenoxy) is 1. The van der Waals surface area contributed by atoms with E-state index in [-0.39, 0.29) is 11.9 Å². The normalized spacial score (nSPS) is 21.8. The largest absolute Gasteiger partial charge is 0.481 e. The van der Waals surface area contributed by atoms with Crippen LogP contribution in [-0.4, -0.2) is 51.4 Å². The first-order valence-electron chi connectivity index (χ1n) is 11.6. The van der Waals surface area contributed by atoms with Crippen LogP contribution in [0.5, 0.6) is 5.88 Å². The zero-order valence-electron chi connectivity index (χ0n) is 19.3. The van der Waals surface area contributed by atoms with E-state index in [9.17, 15) is 14.7 Å². The SMILES string of the molecule is COc1ccc2nccc(NC(=O)[C@]3(O)CC[C@@H](NCc4ccc5c(c4)NC(=O)CS5)CC3)c2n1. The second-order valence-corrected chi connectivity index (χ2v) is 9.91. The molecule has 1 aromatic carbocycles. The second kappa shape index (κ2) is 9.80. The molecule has 0 bridgehead atoms. The Morgan fingerprint density at radius 1 is 1.26 bits per heavy atom. The number of aromatic nitrogens is 2. The lowest BCUT2D eigenvalue weighted by atomic mass is 9.81. The molecule has 2 aliphatic rings. The number of nitrogens with zero attached hydrogens (tertiary/aromatic N) is 2. The molecule has 0 saturated heterocycles. The number of carbonyl (C=O) groups excluding carboxylic acids is 2. The molecule has 4 N–H and O–H groups in total. The molecule has 2 aromatic heterocycles. The van der Waals surface area contributed by atoms with E-state index in [1.807, 2.05) is 12.1 Å². The van der Waals surface area contributed by atoms with Gasteiger partial charge in [-0.25, -0.2) is 4.98 Å². The molecule has 0 atom stereocenters. The summed E-state index contributed by atoms with van der Waals surface area (Å²) in [5, 5.41) is 20.4. The van der Waals surface area contributed by atoms with Crippen molar-refractivity contribution in [1.29, 1.82) is 0 Å². The number of amides is 2. The molecule has 0 unspecified atom stereocenters.